The minimum atomic E-state index is -0.431. The van der Waals surface area contributed by atoms with Gasteiger partial charge in [-0.1, -0.05) is 12.1 Å². The van der Waals surface area contributed by atoms with Gasteiger partial charge in [0.1, 0.15) is 5.69 Å². The number of rotatable bonds is 9. The number of primary amides is 1. The smallest absolute Gasteiger partial charge is 0.266 e. The molecule has 0 atom stereocenters. The normalized spacial score (nSPS) is 15.8. The van der Waals surface area contributed by atoms with E-state index >= 15 is 0 Å². The van der Waals surface area contributed by atoms with Gasteiger partial charge in [0.2, 0.25) is 5.91 Å². The van der Waals surface area contributed by atoms with Crippen LogP contribution in [0.2, 0.25) is 0 Å². The zero-order valence-corrected chi connectivity index (χ0v) is 20.3. The lowest BCUT2D eigenvalue weighted by atomic mass is 9.94. The fourth-order valence-corrected chi connectivity index (χ4v) is 4.45. The summed E-state index contributed by atoms with van der Waals surface area (Å²) in [6.07, 6.45) is 7.44. The molecule has 1 heterocycles. The number of nitrogens with two attached hydrogens (primary N) is 2. The average molecular weight is 465 g/mol. The molecule has 0 saturated heterocycles. The molecule has 182 valence electrons. The van der Waals surface area contributed by atoms with Gasteiger partial charge in [-0.15, -0.1) is 0 Å². The predicted octanol–water partition coefficient (Wildman–Crippen LogP) is 4.18. The number of amides is 2. The molecule has 0 bridgehead atoms. The summed E-state index contributed by atoms with van der Waals surface area (Å²) in [5.41, 5.74) is 14.9. The molecule has 6 N–H and O–H groups in total. The van der Waals surface area contributed by atoms with Crippen LogP contribution in [0.3, 0.4) is 0 Å². The molecule has 0 radical (unpaired) electrons. The first-order valence-corrected chi connectivity index (χ1v) is 11.9. The maximum absolute atomic E-state index is 12.3. The van der Waals surface area contributed by atoms with E-state index in [9.17, 15) is 9.59 Å². The first-order valence-electron chi connectivity index (χ1n) is 11.9. The molecular formula is C26H36N6O2. The zero-order chi connectivity index (χ0) is 24.8. The monoisotopic (exact) mass is 464 g/mol. The van der Waals surface area contributed by atoms with E-state index in [4.69, 9.17) is 16.9 Å². The van der Waals surface area contributed by atoms with Crippen LogP contribution in [-0.4, -0.2) is 27.3 Å². The third kappa shape index (κ3) is 6.79. The summed E-state index contributed by atoms with van der Waals surface area (Å²) in [6, 6.07) is 9.22. The second-order valence-corrected chi connectivity index (χ2v) is 9.25. The Hall–Kier alpha value is -3.42. The van der Waals surface area contributed by atoms with Gasteiger partial charge in [0, 0.05) is 41.8 Å². The van der Waals surface area contributed by atoms with Crippen molar-refractivity contribution in [3.8, 4) is 0 Å². The molecule has 2 saturated carbocycles. The number of carbonyl (C=O) groups is 2. The Bertz CT molecular complexity index is 1050. The lowest BCUT2D eigenvalue weighted by molar-refractivity contribution is -0.117. The summed E-state index contributed by atoms with van der Waals surface area (Å²) >= 11 is 0. The number of aryl methyl sites for hydroxylation is 1. The predicted molar refractivity (Wildman–Crippen MR) is 135 cm³/mol. The lowest BCUT2D eigenvalue weighted by Crippen LogP contribution is -2.19. The third-order valence-corrected chi connectivity index (χ3v) is 6.37. The summed E-state index contributed by atoms with van der Waals surface area (Å²) in [7, 11) is 0. The van der Waals surface area contributed by atoms with Gasteiger partial charge < -0.3 is 22.2 Å². The Morgan fingerprint density at radius 2 is 1.68 bits per heavy atom. The summed E-state index contributed by atoms with van der Waals surface area (Å²) < 4.78 is 1.56. The van der Waals surface area contributed by atoms with Gasteiger partial charge in [-0.2, -0.15) is 5.10 Å². The van der Waals surface area contributed by atoms with Crippen LogP contribution >= 0.6 is 0 Å². The number of nitrogens with one attached hydrogen (secondary N) is 2. The van der Waals surface area contributed by atoms with Gasteiger partial charge in [0.15, 0.2) is 0 Å². The van der Waals surface area contributed by atoms with Crippen LogP contribution < -0.4 is 16.8 Å². The van der Waals surface area contributed by atoms with Crippen molar-refractivity contribution in [1.29, 1.82) is 5.41 Å². The maximum Gasteiger partial charge on any atom is 0.266 e. The van der Waals surface area contributed by atoms with Gasteiger partial charge in [0.25, 0.3) is 5.91 Å². The van der Waals surface area contributed by atoms with Crippen LogP contribution in [0, 0.1) is 23.2 Å². The largest absolute Gasteiger partial charge is 0.402 e. The second-order valence-electron chi connectivity index (χ2n) is 9.25. The molecule has 8 nitrogen and oxygen atoms in total. The SMILES string of the molecule is CC(=N)/C(=C(/C)N)c1ccc(NC(=O)CC(C2CC2)C2CC2)cc1.CCn1nccc1C(N)=O. The van der Waals surface area contributed by atoms with Crippen LogP contribution in [0.15, 0.2) is 42.2 Å². The quantitative estimate of drug-likeness (QED) is 0.413. The van der Waals surface area contributed by atoms with E-state index in [2.05, 4.69) is 10.4 Å². The molecule has 2 fully saturated rings. The highest BCUT2D eigenvalue weighted by atomic mass is 16.2. The van der Waals surface area contributed by atoms with Crippen molar-refractivity contribution >= 4 is 28.8 Å². The Morgan fingerprint density at radius 3 is 2.09 bits per heavy atom. The molecule has 0 spiro atoms. The standard InChI is InChI=1S/C20H27N3O.C6H9N3O/c1-12(21)20(13(2)22)16-7-9-17(10-8-16)23-19(24)11-18(14-3-4-14)15-5-6-15;1-2-9-5(6(7)10)3-4-8-9/h7-10,14-15,18,21H,3-6,11,22H2,1-2H3,(H,23,24);3-4H,2H2,1H3,(H2,7,10)/b20-13+,21-12?;. The lowest BCUT2D eigenvalue weighted by Gasteiger charge is -2.15. The van der Waals surface area contributed by atoms with Crippen molar-refractivity contribution in [2.75, 3.05) is 5.32 Å². The molecule has 2 aliphatic carbocycles. The van der Waals surface area contributed by atoms with Crippen molar-refractivity contribution in [2.45, 2.75) is 59.4 Å². The van der Waals surface area contributed by atoms with Gasteiger partial charge in [-0.3, -0.25) is 14.3 Å². The summed E-state index contributed by atoms with van der Waals surface area (Å²) in [4.78, 5) is 23.0. The van der Waals surface area contributed by atoms with E-state index in [0.717, 1.165) is 28.7 Å². The molecule has 4 rings (SSSR count). The molecule has 2 aliphatic rings. The van der Waals surface area contributed by atoms with Crippen LogP contribution in [0.4, 0.5) is 5.69 Å². The highest BCUT2D eigenvalue weighted by Gasteiger charge is 2.42. The molecule has 34 heavy (non-hydrogen) atoms. The van der Waals surface area contributed by atoms with Crippen LogP contribution in [0.5, 0.6) is 0 Å². The van der Waals surface area contributed by atoms with E-state index in [1.54, 1.807) is 30.8 Å². The molecular weight excluding hydrogens is 428 g/mol. The number of anilines is 1. The highest BCUT2D eigenvalue weighted by molar-refractivity contribution is 6.21. The highest BCUT2D eigenvalue weighted by Crippen LogP contribution is 2.50. The van der Waals surface area contributed by atoms with Gasteiger partial charge in [0.05, 0.1) is 0 Å². The molecule has 1 aromatic carbocycles. The number of hydrogen-bond acceptors (Lipinski definition) is 5. The number of nitrogens with zero attached hydrogens (tertiary/aromatic N) is 2. The van der Waals surface area contributed by atoms with Crippen molar-refractivity contribution in [3.05, 3.63) is 53.5 Å². The molecule has 2 aromatic rings. The fourth-order valence-electron chi connectivity index (χ4n) is 4.45. The van der Waals surface area contributed by atoms with Gasteiger partial charge >= 0.3 is 0 Å². The Balaban J connectivity index is 0.000000271. The molecule has 8 heteroatoms. The Labute approximate surface area is 201 Å². The van der Waals surface area contributed by atoms with Crippen molar-refractivity contribution < 1.29 is 9.59 Å². The average Bonchev–Trinajstić information content (AvgIpc) is 3.71. The van der Waals surface area contributed by atoms with Gasteiger partial charge in [-0.05, 0) is 88.0 Å². The summed E-state index contributed by atoms with van der Waals surface area (Å²) in [5, 5.41) is 14.7. The Morgan fingerprint density at radius 1 is 1.09 bits per heavy atom. The summed E-state index contributed by atoms with van der Waals surface area (Å²) in [5.74, 6) is 1.88. The minimum absolute atomic E-state index is 0.126. The van der Waals surface area contributed by atoms with Crippen molar-refractivity contribution in [1.82, 2.24) is 9.78 Å². The zero-order valence-electron chi connectivity index (χ0n) is 20.3. The molecule has 0 unspecified atom stereocenters. The Kier molecular flexibility index (Phi) is 8.26. The van der Waals surface area contributed by atoms with E-state index in [0.29, 0.717) is 36.0 Å². The van der Waals surface area contributed by atoms with E-state index in [1.165, 1.54) is 25.7 Å². The van der Waals surface area contributed by atoms with Crippen molar-refractivity contribution in [2.24, 2.45) is 29.2 Å². The third-order valence-electron chi connectivity index (χ3n) is 6.37. The minimum Gasteiger partial charge on any atom is -0.402 e. The molecule has 0 aliphatic heterocycles. The molecule has 2 amide bonds. The first kappa shape index (κ1) is 25.2. The van der Waals surface area contributed by atoms with E-state index in [1.807, 2.05) is 31.2 Å². The fraction of sp³-hybridized carbons (Fsp3) is 0.462. The maximum atomic E-state index is 12.3. The van der Waals surface area contributed by atoms with Crippen LogP contribution in [0.25, 0.3) is 5.57 Å². The number of hydrogen-bond donors (Lipinski definition) is 4. The van der Waals surface area contributed by atoms with E-state index in [-0.39, 0.29) is 5.91 Å². The van der Waals surface area contributed by atoms with E-state index < -0.39 is 5.91 Å². The second kappa shape index (κ2) is 11.1. The number of allylic oxidation sites excluding steroid dienone is 2. The topological polar surface area (TPSA) is 140 Å². The number of aromatic nitrogens is 2. The number of carbonyl (C=O) groups excluding carboxylic acids is 2. The van der Waals surface area contributed by atoms with Crippen molar-refractivity contribution in [3.63, 3.8) is 0 Å². The van der Waals surface area contributed by atoms with Crippen LogP contribution in [0.1, 0.15) is 68.9 Å². The molecule has 1 aromatic heterocycles. The summed E-state index contributed by atoms with van der Waals surface area (Å²) in [6.45, 7) is 6.11. The van der Waals surface area contributed by atoms with Gasteiger partial charge in [-0.25, -0.2) is 0 Å². The first-order chi connectivity index (χ1) is 16.2. The number of benzene rings is 1. The van der Waals surface area contributed by atoms with Crippen LogP contribution in [-0.2, 0) is 11.3 Å².